The van der Waals surface area contributed by atoms with E-state index < -0.39 is 34.8 Å². The Labute approximate surface area is 112 Å². The lowest BCUT2D eigenvalue weighted by Crippen LogP contribution is -1.99. The summed E-state index contributed by atoms with van der Waals surface area (Å²) in [6.45, 7) is 0. The summed E-state index contributed by atoms with van der Waals surface area (Å²) in [4.78, 5) is 0. The zero-order valence-corrected chi connectivity index (χ0v) is 10.6. The molecule has 0 N–H and O–H groups in total. The first-order valence-corrected chi connectivity index (χ1v) is 5.65. The van der Waals surface area contributed by atoms with E-state index in [1.54, 1.807) is 0 Å². The Bertz CT molecular complexity index is 618. The minimum atomic E-state index is -1.69. The van der Waals surface area contributed by atoms with Crippen molar-refractivity contribution < 1.29 is 26.7 Å². The van der Waals surface area contributed by atoms with Gasteiger partial charge in [0.05, 0.1) is 4.47 Å². The summed E-state index contributed by atoms with van der Waals surface area (Å²) < 4.78 is 70.4. The molecule has 2 aromatic carbocycles. The largest absolute Gasteiger partial charge is 0.451 e. The van der Waals surface area contributed by atoms with Gasteiger partial charge in [-0.3, -0.25) is 0 Å². The molecule has 100 valence electrons. The summed E-state index contributed by atoms with van der Waals surface area (Å²) in [6, 6.07) is 3.26. The molecule has 0 aliphatic heterocycles. The Hall–Kier alpha value is -1.63. The first-order chi connectivity index (χ1) is 8.90. The fraction of sp³-hybridized carbons (Fsp3) is 0. The van der Waals surface area contributed by atoms with Gasteiger partial charge < -0.3 is 4.74 Å². The van der Waals surface area contributed by atoms with Gasteiger partial charge in [-0.25, -0.2) is 13.2 Å². The normalized spacial score (nSPS) is 10.6. The van der Waals surface area contributed by atoms with Gasteiger partial charge in [0.25, 0.3) is 0 Å². The number of hydrogen-bond donors (Lipinski definition) is 0. The van der Waals surface area contributed by atoms with E-state index >= 15 is 0 Å². The summed E-state index contributed by atoms with van der Waals surface area (Å²) in [5.41, 5.74) is 0. The van der Waals surface area contributed by atoms with Gasteiger partial charge in [0.1, 0.15) is 11.6 Å². The maximum Gasteiger partial charge on any atom is 0.204 e. The predicted molar refractivity (Wildman–Crippen MR) is 60.4 cm³/mol. The molecule has 2 rings (SSSR count). The summed E-state index contributed by atoms with van der Waals surface area (Å²) >= 11 is 2.87. The summed E-state index contributed by atoms with van der Waals surface area (Å²) in [5.74, 6) is -8.92. The molecule has 0 saturated carbocycles. The average Bonchev–Trinajstić information content (AvgIpc) is 2.36. The molecule has 0 aliphatic carbocycles. The Morgan fingerprint density at radius 1 is 0.789 bits per heavy atom. The standard InChI is InChI=1S/C12H4BrF5O/c13-6-2-1-5(3-7(6)14)19-12-10(17)8(15)4-9(16)11(12)18/h1-4H. The van der Waals surface area contributed by atoms with Crippen LogP contribution >= 0.6 is 15.9 Å². The van der Waals surface area contributed by atoms with Crippen molar-refractivity contribution in [1.82, 2.24) is 0 Å². The number of hydrogen-bond acceptors (Lipinski definition) is 1. The van der Waals surface area contributed by atoms with E-state index in [1.807, 2.05) is 0 Å². The van der Waals surface area contributed by atoms with Crippen LogP contribution in [0.2, 0.25) is 0 Å². The molecule has 0 heterocycles. The minimum absolute atomic E-state index is 0.0552. The Kier molecular flexibility index (Phi) is 3.75. The van der Waals surface area contributed by atoms with Crippen LogP contribution in [-0.4, -0.2) is 0 Å². The molecule has 0 bridgehead atoms. The van der Waals surface area contributed by atoms with Crippen LogP contribution in [0.25, 0.3) is 0 Å². The summed E-state index contributed by atoms with van der Waals surface area (Å²) in [5, 5.41) is 0. The third-order valence-electron chi connectivity index (χ3n) is 2.18. The molecule has 0 spiro atoms. The SMILES string of the molecule is Fc1cc(Oc2c(F)c(F)cc(F)c2F)ccc1Br. The van der Waals surface area contributed by atoms with Crippen molar-refractivity contribution in [1.29, 1.82) is 0 Å². The highest BCUT2D eigenvalue weighted by Gasteiger charge is 2.21. The molecule has 19 heavy (non-hydrogen) atoms. The Morgan fingerprint density at radius 2 is 1.37 bits per heavy atom. The van der Waals surface area contributed by atoms with Gasteiger partial charge in [0, 0.05) is 12.1 Å². The monoisotopic (exact) mass is 338 g/mol. The third-order valence-corrected chi connectivity index (χ3v) is 2.83. The second-order valence-corrected chi connectivity index (χ2v) is 4.33. The lowest BCUT2D eigenvalue weighted by atomic mass is 10.3. The highest BCUT2D eigenvalue weighted by atomic mass is 79.9. The van der Waals surface area contributed by atoms with Crippen LogP contribution < -0.4 is 4.74 Å². The molecule has 1 nitrogen and oxygen atoms in total. The van der Waals surface area contributed by atoms with Crippen molar-refractivity contribution in [3.05, 3.63) is 57.8 Å². The first-order valence-electron chi connectivity index (χ1n) is 4.86. The number of rotatable bonds is 2. The topological polar surface area (TPSA) is 9.23 Å². The number of ether oxygens (including phenoxy) is 1. The summed E-state index contributed by atoms with van der Waals surface area (Å²) in [7, 11) is 0. The molecule has 0 fully saturated rings. The minimum Gasteiger partial charge on any atom is -0.451 e. The fourth-order valence-corrected chi connectivity index (χ4v) is 1.55. The maximum atomic E-state index is 13.3. The Balaban J connectivity index is 2.46. The average molecular weight is 339 g/mol. The van der Waals surface area contributed by atoms with Crippen molar-refractivity contribution in [2.24, 2.45) is 0 Å². The summed E-state index contributed by atoms with van der Waals surface area (Å²) in [6.07, 6.45) is 0. The van der Waals surface area contributed by atoms with E-state index in [1.165, 1.54) is 12.1 Å². The number of benzene rings is 2. The second kappa shape index (κ2) is 5.16. The van der Waals surface area contributed by atoms with Crippen LogP contribution in [0.5, 0.6) is 11.5 Å². The van der Waals surface area contributed by atoms with Gasteiger partial charge in [-0.1, -0.05) is 0 Å². The van der Waals surface area contributed by atoms with Crippen LogP contribution in [-0.2, 0) is 0 Å². The van der Waals surface area contributed by atoms with Crippen LogP contribution in [0.4, 0.5) is 22.0 Å². The Morgan fingerprint density at radius 3 is 1.89 bits per heavy atom. The lowest BCUT2D eigenvalue weighted by molar-refractivity contribution is 0.364. The van der Waals surface area contributed by atoms with E-state index in [0.717, 1.165) is 6.07 Å². The van der Waals surface area contributed by atoms with E-state index in [2.05, 4.69) is 20.7 Å². The van der Waals surface area contributed by atoms with Crippen LogP contribution in [0.3, 0.4) is 0 Å². The highest BCUT2D eigenvalue weighted by molar-refractivity contribution is 9.10. The zero-order chi connectivity index (χ0) is 14.2. The second-order valence-electron chi connectivity index (χ2n) is 3.48. The van der Waals surface area contributed by atoms with Gasteiger partial charge in [0.15, 0.2) is 11.6 Å². The molecule has 7 heteroatoms. The van der Waals surface area contributed by atoms with Crippen LogP contribution in [0.15, 0.2) is 28.7 Å². The van der Waals surface area contributed by atoms with Gasteiger partial charge in [-0.05, 0) is 28.1 Å². The van der Waals surface area contributed by atoms with Crippen LogP contribution in [0, 0.1) is 29.1 Å². The molecule has 0 aliphatic rings. The molecule has 0 aromatic heterocycles. The maximum absolute atomic E-state index is 13.3. The van der Waals surface area contributed by atoms with Crippen LogP contribution in [0.1, 0.15) is 0 Å². The van der Waals surface area contributed by atoms with E-state index in [-0.39, 0.29) is 16.3 Å². The molecular formula is C12H4BrF5O. The molecule has 0 atom stereocenters. The van der Waals surface area contributed by atoms with Gasteiger partial charge in [-0.2, -0.15) is 8.78 Å². The molecule has 0 saturated heterocycles. The molecule has 0 radical (unpaired) electrons. The lowest BCUT2D eigenvalue weighted by Gasteiger charge is -2.09. The fourth-order valence-electron chi connectivity index (χ4n) is 1.30. The molecule has 0 amide bonds. The van der Waals surface area contributed by atoms with E-state index in [9.17, 15) is 22.0 Å². The van der Waals surface area contributed by atoms with Crippen molar-refractivity contribution in [2.45, 2.75) is 0 Å². The van der Waals surface area contributed by atoms with E-state index in [0.29, 0.717) is 0 Å². The first kappa shape index (κ1) is 13.8. The van der Waals surface area contributed by atoms with E-state index in [4.69, 9.17) is 0 Å². The van der Waals surface area contributed by atoms with Gasteiger partial charge in [0.2, 0.25) is 17.4 Å². The highest BCUT2D eigenvalue weighted by Crippen LogP contribution is 2.32. The van der Waals surface area contributed by atoms with Gasteiger partial charge >= 0.3 is 0 Å². The number of halogens is 6. The predicted octanol–water partition coefficient (Wildman–Crippen LogP) is 4.94. The van der Waals surface area contributed by atoms with Gasteiger partial charge in [-0.15, -0.1) is 0 Å². The van der Waals surface area contributed by atoms with Crippen molar-refractivity contribution >= 4 is 15.9 Å². The van der Waals surface area contributed by atoms with Crippen molar-refractivity contribution in [2.75, 3.05) is 0 Å². The quantitative estimate of drug-likeness (QED) is 0.556. The molecule has 2 aromatic rings. The zero-order valence-electron chi connectivity index (χ0n) is 8.99. The smallest absolute Gasteiger partial charge is 0.204 e. The van der Waals surface area contributed by atoms with Crippen molar-refractivity contribution in [3.8, 4) is 11.5 Å². The molecule has 0 unspecified atom stereocenters. The third kappa shape index (κ3) is 2.70. The van der Waals surface area contributed by atoms with Crippen molar-refractivity contribution in [3.63, 3.8) is 0 Å². The molecular weight excluding hydrogens is 335 g/mol.